The zero-order valence-corrected chi connectivity index (χ0v) is 8.24. The summed E-state index contributed by atoms with van der Waals surface area (Å²) in [4.78, 5) is 21.8. The van der Waals surface area contributed by atoms with Crippen LogP contribution in [0, 0.1) is 0 Å². The molecule has 0 aromatic heterocycles. The van der Waals surface area contributed by atoms with Crippen molar-refractivity contribution in [2.45, 2.75) is 4.90 Å². The van der Waals surface area contributed by atoms with Gasteiger partial charge in [0.05, 0.1) is 10.5 Å². The second kappa shape index (κ2) is 2.90. The first-order chi connectivity index (χ1) is 6.92. The van der Waals surface area contributed by atoms with E-state index in [0.717, 1.165) is 6.07 Å². The molecule has 1 aromatic rings. The molecule has 0 radical (unpaired) electrons. The maximum atomic E-state index is 11.4. The van der Waals surface area contributed by atoms with Gasteiger partial charge in [0.2, 0.25) is 0 Å². The average Bonchev–Trinajstić information content (AvgIpc) is 2.37. The average molecular weight is 226 g/mol. The number of fused-ring (bicyclic) bond motifs is 1. The topological polar surface area (TPSA) is 88.5 Å². The molecular weight excluding hydrogens is 220 g/mol. The van der Waals surface area contributed by atoms with Crippen LogP contribution in [0.15, 0.2) is 23.1 Å². The van der Waals surface area contributed by atoms with Gasteiger partial charge in [0.15, 0.2) is 15.6 Å². The molecule has 1 N–H and O–H groups in total. The third-order valence-corrected chi connectivity index (χ3v) is 3.85. The van der Waals surface area contributed by atoms with E-state index in [1.807, 2.05) is 0 Å². The third kappa shape index (κ3) is 1.42. The normalized spacial score (nSPS) is 17.5. The number of Topliss-reactive ketones (excluding diaryl/α,β-unsaturated/α-hetero) is 1. The molecule has 1 heterocycles. The first-order valence-electron chi connectivity index (χ1n) is 4.05. The molecule has 2 rings (SSSR count). The lowest BCUT2D eigenvalue weighted by Crippen LogP contribution is -2.03. The van der Waals surface area contributed by atoms with Crippen LogP contribution in [0.3, 0.4) is 0 Å². The Morgan fingerprint density at radius 3 is 2.60 bits per heavy atom. The van der Waals surface area contributed by atoms with Gasteiger partial charge in [-0.05, 0) is 18.2 Å². The van der Waals surface area contributed by atoms with Crippen molar-refractivity contribution in [1.82, 2.24) is 0 Å². The molecule has 0 atom stereocenters. The monoisotopic (exact) mass is 226 g/mol. The molecule has 0 amide bonds. The van der Waals surface area contributed by atoms with Crippen LogP contribution in [-0.2, 0) is 9.84 Å². The Hall–Kier alpha value is -1.69. The summed E-state index contributed by atoms with van der Waals surface area (Å²) < 4.78 is 22.8. The van der Waals surface area contributed by atoms with Crippen LogP contribution in [0.4, 0.5) is 0 Å². The van der Waals surface area contributed by atoms with E-state index in [1.54, 1.807) is 0 Å². The van der Waals surface area contributed by atoms with Gasteiger partial charge in [0, 0.05) is 5.56 Å². The number of hydrogen-bond donors (Lipinski definition) is 1. The highest BCUT2D eigenvalue weighted by Gasteiger charge is 2.33. The van der Waals surface area contributed by atoms with Gasteiger partial charge in [-0.1, -0.05) is 0 Å². The van der Waals surface area contributed by atoms with E-state index < -0.39 is 27.3 Å². The summed E-state index contributed by atoms with van der Waals surface area (Å²) in [7, 11) is -3.54. The minimum absolute atomic E-state index is 0.0186. The van der Waals surface area contributed by atoms with Gasteiger partial charge in [-0.15, -0.1) is 0 Å². The van der Waals surface area contributed by atoms with Crippen molar-refractivity contribution in [2.75, 3.05) is 5.75 Å². The molecule has 0 saturated carbocycles. The van der Waals surface area contributed by atoms with Crippen LogP contribution in [0.2, 0.25) is 0 Å². The van der Waals surface area contributed by atoms with Crippen molar-refractivity contribution < 1.29 is 23.1 Å². The number of hydrogen-bond acceptors (Lipinski definition) is 4. The zero-order valence-electron chi connectivity index (χ0n) is 7.43. The molecule has 1 aliphatic heterocycles. The standard InChI is InChI=1S/C9H6O5S/c10-7-4-15(13,14)8-2-1-5(9(11)12)3-6(7)8/h1-3H,4H2,(H,11,12). The van der Waals surface area contributed by atoms with Crippen molar-refractivity contribution in [3.8, 4) is 0 Å². The lowest BCUT2D eigenvalue weighted by atomic mass is 10.1. The Bertz CT molecular complexity index is 570. The van der Waals surface area contributed by atoms with Crippen molar-refractivity contribution >= 4 is 21.6 Å². The van der Waals surface area contributed by atoms with Crippen LogP contribution in [0.25, 0.3) is 0 Å². The van der Waals surface area contributed by atoms with Crippen LogP contribution < -0.4 is 0 Å². The van der Waals surface area contributed by atoms with E-state index >= 15 is 0 Å². The number of aromatic carboxylic acids is 1. The molecule has 0 spiro atoms. The molecule has 6 heteroatoms. The molecule has 1 aromatic carbocycles. The van der Waals surface area contributed by atoms with Crippen LogP contribution in [0.1, 0.15) is 20.7 Å². The Morgan fingerprint density at radius 1 is 1.33 bits per heavy atom. The SMILES string of the molecule is O=C(O)c1ccc2c(c1)C(=O)CS2(=O)=O. The van der Waals surface area contributed by atoms with E-state index in [1.165, 1.54) is 12.1 Å². The Labute approximate surface area is 85.3 Å². The summed E-state index contributed by atoms with van der Waals surface area (Å²) in [5.41, 5.74) is -0.103. The van der Waals surface area contributed by atoms with Crippen LogP contribution >= 0.6 is 0 Å². The number of sulfone groups is 1. The second-order valence-corrected chi connectivity index (χ2v) is 5.16. The molecular formula is C9H6O5S. The maximum absolute atomic E-state index is 11.4. The van der Waals surface area contributed by atoms with Crippen molar-refractivity contribution in [1.29, 1.82) is 0 Å². The minimum atomic E-state index is -3.54. The van der Waals surface area contributed by atoms with Crippen molar-refractivity contribution in [3.63, 3.8) is 0 Å². The molecule has 0 fully saturated rings. The molecule has 0 unspecified atom stereocenters. The Morgan fingerprint density at radius 2 is 2.00 bits per heavy atom. The van der Waals surface area contributed by atoms with E-state index in [4.69, 9.17) is 5.11 Å². The predicted octanol–water partition coefficient (Wildman–Crippen LogP) is 0.355. The van der Waals surface area contributed by atoms with E-state index in [2.05, 4.69) is 0 Å². The van der Waals surface area contributed by atoms with Crippen LogP contribution in [-0.4, -0.2) is 31.0 Å². The smallest absolute Gasteiger partial charge is 0.335 e. The highest BCUT2D eigenvalue weighted by Crippen LogP contribution is 2.26. The first-order valence-corrected chi connectivity index (χ1v) is 5.70. The zero-order chi connectivity index (χ0) is 11.2. The van der Waals surface area contributed by atoms with Gasteiger partial charge in [-0.25, -0.2) is 13.2 Å². The minimum Gasteiger partial charge on any atom is -0.478 e. The number of carbonyl (C=O) groups excluding carboxylic acids is 1. The van der Waals surface area contributed by atoms with Crippen molar-refractivity contribution in [3.05, 3.63) is 29.3 Å². The lowest BCUT2D eigenvalue weighted by molar-refractivity contribution is 0.0696. The Kier molecular flexibility index (Phi) is 1.90. The summed E-state index contributed by atoms with van der Waals surface area (Å²) in [6, 6.07) is 3.45. The fourth-order valence-electron chi connectivity index (χ4n) is 1.48. The van der Waals surface area contributed by atoms with E-state index in [0.29, 0.717) is 0 Å². The molecule has 15 heavy (non-hydrogen) atoms. The van der Waals surface area contributed by atoms with Gasteiger partial charge < -0.3 is 5.11 Å². The third-order valence-electron chi connectivity index (χ3n) is 2.18. The Balaban J connectivity index is 2.71. The largest absolute Gasteiger partial charge is 0.478 e. The summed E-state index contributed by atoms with van der Waals surface area (Å²) in [6.07, 6.45) is 0. The molecule has 5 nitrogen and oxygen atoms in total. The highest BCUT2D eigenvalue weighted by molar-refractivity contribution is 7.92. The second-order valence-electron chi connectivity index (χ2n) is 3.20. The van der Waals surface area contributed by atoms with Crippen LogP contribution in [0.5, 0.6) is 0 Å². The number of carboxylic acids is 1. The van der Waals surface area contributed by atoms with Gasteiger partial charge in [0.25, 0.3) is 0 Å². The van der Waals surface area contributed by atoms with Gasteiger partial charge in [-0.2, -0.15) is 0 Å². The number of ketones is 1. The molecule has 0 saturated heterocycles. The number of rotatable bonds is 1. The van der Waals surface area contributed by atoms with Crippen molar-refractivity contribution in [2.24, 2.45) is 0 Å². The van der Waals surface area contributed by atoms with E-state index in [9.17, 15) is 18.0 Å². The maximum Gasteiger partial charge on any atom is 0.335 e. The number of carbonyl (C=O) groups is 2. The fourth-order valence-corrected chi connectivity index (χ4v) is 2.92. The molecule has 0 aliphatic carbocycles. The number of carboxylic acid groups (broad SMARTS) is 1. The highest BCUT2D eigenvalue weighted by atomic mass is 32.2. The molecule has 78 valence electrons. The summed E-state index contributed by atoms with van der Waals surface area (Å²) in [6.45, 7) is 0. The quantitative estimate of drug-likeness (QED) is 0.746. The summed E-state index contributed by atoms with van der Waals surface area (Å²) in [5.74, 6) is -2.30. The predicted molar refractivity (Wildman–Crippen MR) is 49.8 cm³/mol. The van der Waals surface area contributed by atoms with Gasteiger partial charge in [0.1, 0.15) is 5.75 Å². The molecule has 0 bridgehead atoms. The fraction of sp³-hybridized carbons (Fsp3) is 0.111. The van der Waals surface area contributed by atoms with Gasteiger partial charge in [-0.3, -0.25) is 4.79 Å². The van der Waals surface area contributed by atoms with Gasteiger partial charge >= 0.3 is 5.97 Å². The summed E-state index contributed by atoms with van der Waals surface area (Å²) in [5, 5.41) is 8.67. The lowest BCUT2D eigenvalue weighted by Gasteiger charge is -1.98. The molecule has 1 aliphatic rings. The summed E-state index contributed by atoms with van der Waals surface area (Å²) >= 11 is 0. The van der Waals surface area contributed by atoms with E-state index in [-0.39, 0.29) is 16.0 Å². The first kappa shape index (κ1) is 9.85. The number of benzene rings is 1.